The minimum absolute atomic E-state index is 0.120. The Kier molecular flexibility index (Phi) is 2.03. The molecule has 1 fully saturated rings. The van der Waals surface area contributed by atoms with Gasteiger partial charge in [0.2, 0.25) is 0 Å². The van der Waals surface area contributed by atoms with Crippen LogP contribution in [0.4, 0.5) is 0 Å². The monoisotopic (exact) mass is 245 g/mol. The molecular weight excluding hydrogens is 230 g/mol. The lowest BCUT2D eigenvalue weighted by Crippen LogP contribution is -2.19. The Labute approximate surface area is 104 Å². The molecule has 0 radical (unpaired) electrons. The van der Waals surface area contributed by atoms with Crippen molar-refractivity contribution in [1.29, 1.82) is 0 Å². The Bertz CT molecular complexity index is 665. The predicted molar refractivity (Wildman–Crippen MR) is 68.0 cm³/mol. The molecule has 1 aromatic heterocycles. The van der Waals surface area contributed by atoms with E-state index in [4.69, 9.17) is 0 Å². The Morgan fingerprint density at radius 3 is 2.56 bits per heavy atom. The number of fused-ring (bicyclic) bond motifs is 1. The minimum atomic E-state index is -0.865. The van der Waals surface area contributed by atoms with Gasteiger partial charge >= 0.3 is 5.97 Å². The van der Waals surface area contributed by atoms with Crippen LogP contribution in [0.2, 0.25) is 0 Å². The van der Waals surface area contributed by atoms with Gasteiger partial charge in [0.25, 0.3) is 0 Å². The smallest absolute Gasteiger partial charge is 0.314 e. The Balaban J connectivity index is 2.30. The van der Waals surface area contributed by atoms with E-state index in [9.17, 15) is 15.0 Å². The van der Waals surface area contributed by atoms with Gasteiger partial charge in [-0.15, -0.1) is 0 Å². The van der Waals surface area contributed by atoms with Crippen molar-refractivity contribution < 1.29 is 15.0 Å². The van der Waals surface area contributed by atoms with Crippen molar-refractivity contribution in [2.75, 3.05) is 0 Å². The third kappa shape index (κ3) is 1.23. The fourth-order valence-corrected chi connectivity index (χ4v) is 2.67. The molecule has 0 amide bonds. The molecule has 0 aliphatic heterocycles. The van der Waals surface area contributed by atoms with Crippen LogP contribution in [-0.2, 0) is 10.2 Å². The van der Waals surface area contributed by atoms with E-state index in [1.807, 2.05) is 19.9 Å². The molecule has 3 N–H and O–H groups in total. The van der Waals surface area contributed by atoms with E-state index in [0.29, 0.717) is 18.4 Å². The SMILES string of the molecule is Cc1[nH]c2ccc(C3(C(=O)O)CC3)c(O)c2c1C. The zero-order valence-electron chi connectivity index (χ0n) is 10.4. The van der Waals surface area contributed by atoms with Crippen molar-refractivity contribution in [2.45, 2.75) is 32.1 Å². The number of carboxylic acids is 1. The van der Waals surface area contributed by atoms with Crippen LogP contribution in [0.5, 0.6) is 5.75 Å². The summed E-state index contributed by atoms with van der Waals surface area (Å²) in [5, 5.41) is 20.4. The first-order valence-corrected chi connectivity index (χ1v) is 6.02. The first kappa shape index (κ1) is 11.1. The Morgan fingerprint density at radius 1 is 1.33 bits per heavy atom. The minimum Gasteiger partial charge on any atom is -0.507 e. The highest BCUT2D eigenvalue weighted by atomic mass is 16.4. The molecule has 0 saturated heterocycles. The third-order valence-corrected chi connectivity index (χ3v) is 4.11. The van der Waals surface area contributed by atoms with Crippen LogP contribution < -0.4 is 0 Å². The number of phenols is 1. The zero-order chi connectivity index (χ0) is 13.1. The fourth-order valence-electron chi connectivity index (χ4n) is 2.67. The number of aromatic hydroxyl groups is 1. The maximum absolute atomic E-state index is 11.3. The third-order valence-electron chi connectivity index (χ3n) is 4.11. The molecule has 18 heavy (non-hydrogen) atoms. The van der Waals surface area contributed by atoms with Gasteiger partial charge in [0.1, 0.15) is 5.75 Å². The lowest BCUT2D eigenvalue weighted by molar-refractivity contribution is -0.140. The summed E-state index contributed by atoms with van der Waals surface area (Å²) in [4.78, 5) is 14.5. The summed E-state index contributed by atoms with van der Waals surface area (Å²) in [6.45, 7) is 3.87. The van der Waals surface area contributed by atoms with Gasteiger partial charge < -0.3 is 15.2 Å². The molecule has 3 rings (SSSR count). The van der Waals surface area contributed by atoms with Crippen molar-refractivity contribution in [3.05, 3.63) is 29.0 Å². The van der Waals surface area contributed by atoms with E-state index in [0.717, 1.165) is 22.2 Å². The van der Waals surface area contributed by atoms with Crippen LogP contribution in [0.15, 0.2) is 12.1 Å². The molecule has 0 bridgehead atoms. The van der Waals surface area contributed by atoms with Crippen LogP contribution >= 0.6 is 0 Å². The molecule has 1 aliphatic rings. The summed E-state index contributed by atoms with van der Waals surface area (Å²) >= 11 is 0. The van der Waals surface area contributed by atoms with E-state index in [1.54, 1.807) is 6.07 Å². The van der Waals surface area contributed by atoms with Gasteiger partial charge in [0.15, 0.2) is 0 Å². The maximum atomic E-state index is 11.3. The standard InChI is InChI=1S/C14H15NO3/c1-7-8(2)15-10-4-3-9(12(16)11(7)10)14(5-6-14)13(17)18/h3-4,15-16H,5-6H2,1-2H3,(H,17,18). The van der Waals surface area contributed by atoms with Crippen molar-refractivity contribution in [3.8, 4) is 5.75 Å². The average Bonchev–Trinajstić information content (AvgIpc) is 3.04. The number of hydrogen-bond donors (Lipinski definition) is 3. The highest BCUT2D eigenvalue weighted by molar-refractivity contribution is 5.95. The zero-order valence-corrected chi connectivity index (χ0v) is 10.4. The highest BCUT2D eigenvalue weighted by Gasteiger charge is 2.53. The summed E-state index contributed by atoms with van der Waals surface area (Å²) < 4.78 is 0. The van der Waals surface area contributed by atoms with Gasteiger partial charge in [-0.05, 0) is 38.3 Å². The molecule has 4 heteroatoms. The summed E-state index contributed by atoms with van der Waals surface area (Å²) in [6, 6.07) is 3.58. The second-order valence-electron chi connectivity index (χ2n) is 5.15. The summed E-state index contributed by atoms with van der Waals surface area (Å²) in [7, 11) is 0. The number of aryl methyl sites for hydroxylation is 2. The van der Waals surface area contributed by atoms with Gasteiger partial charge in [-0.2, -0.15) is 0 Å². The number of benzene rings is 1. The average molecular weight is 245 g/mol. The molecule has 1 aromatic carbocycles. The molecule has 1 saturated carbocycles. The molecule has 94 valence electrons. The number of H-pyrrole nitrogens is 1. The lowest BCUT2D eigenvalue weighted by atomic mass is 9.93. The molecule has 2 aromatic rings. The first-order valence-electron chi connectivity index (χ1n) is 6.02. The number of hydrogen-bond acceptors (Lipinski definition) is 2. The van der Waals surface area contributed by atoms with Crippen LogP contribution in [0, 0.1) is 13.8 Å². The number of aliphatic carboxylic acids is 1. The topological polar surface area (TPSA) is 73.3 Å². The molecule has 0 atom stereocenters. The molecule has 1 heterocycles. The maximum Gasteiger partial charge on any atom is 0.314 e. The highest BCUT2D eigenvalue weighted by Crippen LogP contribution is 2.53. The van der Waals surface area contributed by atoms with Gasteiger partial charge in [-0.1, -0.05) is 6.07 Å². The lowest BCUT2D eigenvalue weighted by Gasteiger charge is -2.13. The van der Waals surface area contributed by atoms with E-state index >= 15 is 0 Å². The number of carboxylic acid groups (broad SMARTS) is 1. The summed E-state index contributed by atoms with van der Waals surface area (Å²) in [5.74, 6) is -0.726. The quantitative estimate of drug-likeness (QED) is 0.761. The number of aromatic amines is 1. The van der Waals surface area contributed by atoms with Gasteiger partial charge in [-0.3, -0.25) is 4.79 Å². The van der Waals surface area contributed by atoms with Crippen LogP contribution in [0.3, 0.4) is 0 Å². The van der Waals surface area contributed by atoms with Gasteiger partial charge in [0.05, 0.1) is 5.41 Å². The molecule has 1 aliphatic carbocycles. The Hall–Kier alpha value is -1.97. The van der Waals surface area contributed by atoms with Crippen molar-refractivity contribution in [1.82, 2.24) is 4.98 Å². The van der Waals surface area contributed by atoms with E-state index < -0.39 is 11.4 Å². The normalized spacial score (nSPS) is 17.0. The van der Waals surface area contributed by atoms with Crippen molar-refractivity contribution in [2.24, 2.45) is 0 Å². The van der Waals surface area contributed by atoms with Gasteiger partial charge in [0, 0.05) is 22.2 Å². The predicted octanol–water partition coefficient (Wildman–Crippen LogP) is 2.61. The molecule has 0 spiro atoms. The van der Waals surface area contributed by atoms with E-state index in [2.05, 4.69) is 4.98 Å². The summed E-state index contributed by atoms with van der Waals surface area (Å²) in [5.41, 5.74) is 2.51. The largest absolute Gasteiger partial charge is 0.507 e. The van der Waals surface area contributed by atoms with Crippen LogP contribution in [0.1, 0.15) is 29.7 Å². The second kappa shape index (κ2) is 3.28. The van der Waals surface area contributed by atoms with E-state index in [1.165, 1.54) is 0 Å². The van der Waals surface area contributed by atoms with Crippen LogP contribution in [0.25, 0.3) is 10.9 Å². The van der Waals surface area contributed by atoms with E-state index in [-0.39, 0.29) is 5.75 Å². The number of rotatable bonds is 2. The second-order valence-corrected chi connectivity index (χ2v) is 5.15. The fraction of sp³-hybridized carbons (Fsp3) is 0.357. The number of phenolic OH excluding ortho intramolecular Hbond substituents is 1. The number of nitrogens with one attached hydrogen (secondary N) is 1. The first-order chi connectivity index (χ1) is 8.47. The molecular formula is C14H15NO3. The van der Waals surface area contributed by atoms with Crippen molar-refractivity contribution >= 4 is 16.9 Å². The molecule has 4 nitrogen and oxygen atoms in total. The number of aromatic nitrogens is 1. The van der Waals surface area contributed by atoms with Crippen molar-refractivity contribution in [3.63, 3.8) is 0 Å². The summed E-state index contributed by atoms with van der Waals surface area (Å²) in [6.07, 6.45) is 1.20. The number of carbonyl (C=O) groups is 1. The molecule has 0 unspecified atom stereocenters. The van der Waals surface area contributed by atoms with Crippen LogP contribution in [-0.4, -0.2) is 21.2 Å². The Morgan fingerprint density at radius 2 is 2.00 bits per heavy atom. The van der Waals surface area contributed by atoms with Gasteiger partial charge in [-0.25, -0.2) is 0 Å².